The fourth-order valence-corrected chi connectivity index (χ4v) is 2.83. The maximum Gasteiger partial charge on any atom is 0.0898 e. The Hall–Kier alpha value is -0.130. The van der Waals surface area contributed by atoms with Gasteiger partial charge in [0, 0.05) is 17.0 Å². The molecule has 1 aliphatic heterocycles. The molecule has 0 aromatic heterocycles. The van der Waals surface area contributed by atoms with Crippen molar-refractivity contribution in [2.75, 3.05) is 4.43 Å². The summed E-state index contributed by atoms with van der Waals surface area (Å²) < 4.78 is 1.08. The summed E-state index contributed by atoms with van der Waals surface area (Å²) >= 11 is 2.41. The van der Waals surface area contributed by atoms with E-state index in [1.54, 1.807) is 0 Å². The molecule has 94 valence electrons. The van der Waals surface area contributed by atoms with Gasteiger partial charge in [-0.15, -0.1) is 0 Å². The summed E-state index contributed by atoms with van der Waals surface area (Å²) in [5.74, 6) is 0.645. The summed E-state index contributed by atoms with van der Waals surface area (Å²) in [6.45, 7) is 5.46. The molecule has 1 heterocycles. The maximum absolute atomic E-state index is 6.01. The summed E-state index contributed by atoms with van der Waals surface area (Å²) in [7, 11) is 0. The number of hydroxylamine groups is 2. The van der Waals surface area contributed by atoms with Crippen LogP contribution in [0.4, 0.5) is 0 Å². The summed E-state index contributed by atoms with van der Waals surface area (Å²) in [5.41, 5.74) is 1.33. The van der Waals surface area contributed by atoms with Crippen LogP contribution < -0.4 is 0 Å². The Kier molecular flexibility index (Phi) is 4.82. The van der Waals surface area contributed by atoms with Crippen molar-refractivity contribution in [3.05, 3.63) is 35.9 Å². The second-order valence-electron chi connectivity index (χ2n) is 4.99. The minimum Gasteiger partial charge on any atom is -0.294 e. The molecule has 0 aliphatic carbocycles. The lowest BCUT2D eigenvalue weighted by Gasteiger charge is -2.25. The first-order valence-corrected chi connectivity index (χ1v) is 7.76. The molecule has 0 radical (unpaired) electrons. The van der Waals surface area contributed by atoms with E-state index in [0.29, 0.717) is 18.1 Å². The fourth-order valence-electron chi connectivity index (χ4n) is 2.31. The van der Waals surface area contributed by atoms with Crippen molar-refractivity contribution < 1.29 is 4.84 Å². The molecule has 0 amide bonds. The molecule has 1 aromatic carbocycles. The van der Waals surface area contributed by atoms with Crippen molar-refractivity contribution in [1.82, 2.24) is 5.06 Å². The van der Waals surface area contributed by atoms with E-state index in [2.05, 4.69) is 71.8 Å². The van der Waals surface area contributed by atoms with Gasteiger partial charge in [0.15, 0.2) is 0 Å². The maximum atomic E-state index is 6.01. The average Bonchev–Trinajstić information content (AvgIpc) is 2.74. The van der Waals surface area contributed by atoms with Gasteiger partial charge in [0.1, 0.15) is 0 Å². The molecule has 0 unspecified atom stereocenters. The summed E-state index contributed by atoms with van der Waals surface area (Å²) in [6, 6.07) is 11.1. The minimum atomic E-state index is 0.395. The van der Waals surface area contributed by atoms with Crippen LogP contribution in [-0.2, 0) is 11.4 Å². The highest BCUT2D eigenvalue weighted by atomic mass is 127. The Morgan fingerprint density at radius 3 is 2.65 bits per heavy atom. The second kappa shape index (κ2) is 6.16. The molecule has 0 N–H and O–H groups in total. The van der Waals surface area contributed by atoms with Gasteiger partial charge in [0.25, 0.3) is 0 Å². The molecule has 2 nitrogen and oxygen atoms in total. The molecule has 1 aromatic rings. The predicted molar refractivity (Wildman–Crippen MR) is 79.0 cm³/mol. The largest absolute Gasteiger partial charge is 0.294 e. The number of hydrogen-bond donors (Lipinski definition) is 0. The smallest absolute Gasteiger partial charge is 0.0898 e. The molecule has 0 bridgehead atoms. The zero-order valence-corrected chi connectivity index (χ0v) is 12.6. The average molecular weight is 345 g/mol. The van der Waals surface area contributed by atoms with Crippen LogP contribution in [0.25, 0.3) is 0 Å². The van der Waals surface area contributed by atoms with E-state index >= 15 is 0 Å². The Morgan fingerprint density at radius 2 is 2.06 bits per heavy atom. The van der Waals surface area contributed by atoms with Gasteiger partial charge >= 0.3 is 0 Å². The molecule has 1 saturated heterocycles. The van der Waals surface area contributed by atoms with E-state index < -0.39 is 0 Å². The summed E-state index contributed by atoms with van der Waals surface area (Å²) in [4.78, 5) is 6.01. The third-order valence-electron chi connectivity index (χ3n) is 3.28. The van der Waals surface area contributed by atoms with Crippen LogP contribution in [-0.4, -0.2) is 21.6 Å². The zero-order chi connectivity index (χ0) is 12.3. The van der Waals surface area contributed by atoms with Gasteiger partial charge in [-0.25, -0.2) is 0 Å². The molecule has 0 spiro atoms. The SMILES string of the molecule is CC(C)[C@@H]1C[C@H](CI)ON1Cc1ccccc1. The molecule has 3 heteroatoms. The zero-order valence-electron chi connectivity index (χ0n) is 10.5. The van der Waals surface area contributed by atoms with Crippen molar-refractivity contribution in [3.63, 3.8) is 0 Å². The first-order valence-electron chi connectivity index (χ1n) is 6.24. The van der Waals surface area contributed by atoms with Gasteiger partial charge in [0.05, 0.1) is 6.10 Å². The first kappa shape index (κ1) is 13.3. The highest BCUT2D eigenvalue weighted by Gasteiger charge is 2.34. The van der Waals surface area contributed by atoms with Crippen LogP contribution in [0.3, 0.4) is 0 Å². The Morgan fingerprint density at radius 1 is 1.35 bits per heavy atom. The topological polar surface area (TPSA) is 12.5 Å². The van der Waals surface area contributed by atoms with Gasteiger partial charge in [-0.2, -0.15) is 5.06 Å². The van der Waals surface area contributed by atoms with E-state index in [-0.39, 0.29) is 0 Å². The van der Waals surface area contributed by atoms with Crippen molar-refractivity contribution in [2.24, 2.45) is 5.92 Å². The third-order valence-corrected chi connectivity index (χ3v) is 4.26. The lowest BCUT2D eigenvalue weighted by Crippen LogP contribution is -2.31. The Balaban J connectivity index is 2.03. The fraction of sp³-hybridized carbons (Fsp3) is 0.571. The summed E-state index contributed by atoms with van der Waals surface area (Å²) in [6.07, 6.45) is 1.56. The minimum absolute atomic E-state index is 0.395. The van der Waals surface area contributed by atoms with Crippen LogP contribution >= 0.6 is 22.6 Å². The van der Waals surface area contributed by atoms with Crippen molar-refractivity contribution in [2.45, 2.75) is 39.0 Å². The molecule has 17 heavy (non-hydrogen) atoms. The van der Waals surface area contributed by atoms with Crippen LogP contribution in [0.5, 0.6) is 0 Å². The first-order chi connectivity index (χ1) is 8.20. The highest BCUT2D eigenvalue weighted by Crippen LogP contribution is 2.29. The van der Waals surface area contributed by atoms with Crippen LogP contribution in [0.15, 0.2) is 30.3 Å². The number of benzene rings is 1. The lowest BCUT2D eigenvalue weighted by molar-refractivity contribution is -0.169. The third kappa shape index (κ3) is 3.42. The van der Waals surface area contributed by atoms with Crippen molar-refractivity contribution in [1.29, 1.82) is 0 Å². The molecule has 1 aliphatic rings. The van der Waals surface area contributed by atoms with Crippen LogP contribution in [0, 0.1) is 5.92 Å². The standard InChI is InChI=1S/C14H20INO/c1-11(2)14-8-13(9-15)17-16(14)10-12-6-4-3-5-7-12/h3-7,11,13-14H,8-10H2,1-2H3/t13-,14+/m1/s1. The van der Waals surface area contributed by atoms with Gasteiger partial charge in [-0.05, 0) is 17.9 Å². The highest BCUT2D eigenvalue weighted by molar-refractivity contribution is 14.1. The predicted octanol–water partition coefficient (Wildman–Crippen LogP) is 3.65. The van der Waals surface area contributed by atoms with Crippen molar-refractivity contribution in [3.8, 4) is 0 Å². The van der Waals surface area contributed by atoms with E-state index in [9.17, 15) is 0 Å². The number of hydrogen-bond acceptors (Lipinski definition) is 2. The number of alkyl halides is 1. The Bertz CT molecular complexity index is 341. The number of rotatable bonds is 4. The molecule has 0 saturated carbocycles. The van der Waals surface area contributed by atoms with E-state index in [4.69, 9.17) is 4.84 Å². The summed E-state index contributed by atoms with van der Waals surface area (Å²) in [5, 5.41) is 2.18. The van der Waals surface area contributed by atoms with Gasteiger partial charge in [-0.3, -0.25) is 4.84 Å². The second-order valence-corrected chi connectivity index (χ2v) is 5.87. The molecule has 2 atom stereocenters. The van der Waals surface area contributed by atoms with Crippen LogP contribution in [0.1, 0.15) is 25.8 Å². The van der Waals surface area contributed by atoms with E-state index in [0.717, 1.165) is 17.4 Å². The molecular weight excluding hydrogens is 325 g/mol. The quantitative estimate of drug-likeness (QED) is 0.610. The van der Waals surface area contributed by atoms with Crippen LogP contribution in [0.2, 0.25) is 0 Å². The van der Waals surface area contributed by atoms with E-state index in [1.165, 1.54) is 5.56 Å². The number of halogens is 1. The van der Waals surface area contributed by atoms with Crippen molar-refractivity contribution >= 4 is 22.6 Å². The van der Waals surface area contributed by atoms with Gasteiger partial charge < -0.3 is 0 Å². The Labute approximate surface area is 117 Å². The lowest BCUT2D eigenvalue weighted by atomic mass is 9.99. The molecule has 1 fully saturated rings. The molecule has 2 rings (SSSR count). The van der Waals surface area contributed by atoms with E-state index in [1.807, 2.05) is 0 Å². The number of nitrogens with zero attached hydrogens (tertiary/aromatic N) is 1. The van der Waals surface area contributed by atoms with Gasteiger partial charge in [0.2, 0.25) is 0 Å². The molecular formula is C14H20INO. The normalized spacial score (nSPS) is 25.6. The van der Waals surface area contributed by atoms with Gasteiger partial charge in [-0.1, -0.05) is 66.8 Å². The monoisotopic (exact) mass is 345 g/mol.